The van der Waals surface area contributed by atoms with Crippen molar-refractivity contribution in [1.82, 2.24) is 0 Å². The Bertz CT molecular complexity index is 638. The maximum absolute atomic E-state index is 12.6. The molecule has 2 N–H and O–H groups in total. The van der Waals surface area contributed by atoms with Crippen molar-refractivity contribution in [3.8, 4) is 5.75 Å². The summed E-state index contributed by atoms with van der Waals surface area (Å²) < 4.78 is 5.62. The maximum atomic E-state index is 12.6. The van der Waals surface area contributed by atoms with Gasteiger partial charge in [0.15, 0.2) is 0 Å². The highest BCUT2D eigenvalue weighted by Gasteiger charge is 2.16. The third kappa shape index (κ3) is 3.54. The summed E-state index contributed by atoms with van der Waals surface area (Å²) in [4.78, 5) is 14.1. The highest BCUT2D eigenvalue weighted by atomic mass is 16.5. The van der Waals surface area contributed by atoms with E-state index in [1.165, 1.54) is 0 Å². The average molecular weight is 284 g/mol. The molecule has 0 aromatic heterocycles. The molecule has 110 valence electrons. The van der Waals surface area contributed by atoms with Gasteiger partial charge < -0.3 is 15.4 Å². The third-order valence-corrected chi connectivity index (χ3v) is 3.06. The molecule has 0 aliphatic rings. The van der Waals surface area contributed by atoms with Crippen molar-refractivity contribution in [2.75, 3.05) is 17.7 Å². The van der Waals surface area contributed by atoms with Crippen LogP contribution in [0.3, 0.4) is 0 Å². The summed E-state index contributed by atoms with van der Waals surface area (Å²) in [5.74, 6) is 0.562. The average Bonchev–Trinajstić information content (AvgIpc) is 2.46. The predicted molar refractivity (Wildman–Crippen MR) is 85.8 cm³/mol. The van der Waals surface area contributed by atoms with Crippen molar-refractivity contribution in [2.45, 2.75) is 20.0 Å². The van der Waals surface area contributed by atoms with Gasteiger partial charge in [-0.3, -0.25) is 4.79 Å². The minimum atomic E-state index is -0.123. The minimum Gasteiger partial charge on any atom is -0.491 e. The molecule has 0 saturated heterocycles. The summed E-state index contributed by atoms with van der Waals surface area (Å²) in [7, 11) is 1.71. The lowest BCUT2D eigenvalue weighted by molar-refractivity contribution is 0.0992. The van der Waals surface area contributed by atoms with Gasteiger partial charge in [-0.2, -0.15) is 0 Å². The van der Waals surface area contributed by atoms with E-state index in [4.69, 9.17) is 10.5 Å². The second kappa shape index (κ2) is 6.31. The summed E-state index contributed by atoms with van der Waals surface area (Å²) in [5, 5.41) is 0. The van der Waals surface area contributed by atoms with Crippen molar-refractivity contribution in [3.63, 3.8) is 0 Å². The summed E-state index contributed by atoms with van der Waals surface area (Å²) >= 11 is 0. The molecule has 1 amide bonds. The topological polar surface area (TPSA) is 55.6 Å². The van der Waals surface area contributed by atoms with Crippen LogP contribution in [-0.2, 0) is 0 Å². The first kappa shape index (κ1) is 14.9. The molecule has 4 nitrogen and oxygen atoms in total. The number of benzene rings is 2. The van der Waals surface area contributed by atoms with Gasteiger partial charge >= 0.3 is 0 Å². The molecule has 0 unspecified atom stereocenters. The fraction of sp³-hybridized carbons (Fsp3) is 0.235. The van der Waals surface area contributed by atoms with Gasteiger partial charge in [0.1, 0.15) is 5.75 Å². The number of anilines is 2. The second-order valence-electron chi connectivity index (χ2n) is 5.12. The first-order valence-electron chi connectivity index (χ1n) is 6.88. The predicted octanol–water partition coefficient (Wildman–Crippen LogP) is 3.33. The Morgan fingerprint density at radius 2 is 1.86 bits per heavy atom. The number of carbonyl (C=O) groups is 1. The lowest BCUT2D eigenvalue weighted by atomic mass is 10.1. The molecule has 2 rings (SSSR count). The molecule has 0 bridgehead atoms. The van der Waals surface area contributed by atoms with Crippen LogP contribution in [0.15, 0.2) is 48.5 Å². The fourth-order valence-electron chi connectivity index (χ4n) is 2.07. The van der Waals surface area contributed by atoms with Gasteiger partial charge in [0.05, 0.1) is 17.5 Å². The molecule has 0 radical (unpaired) electrons. The van der Waals surface area contributed by atoms with Gasteiger partial charge in [-0.1, -0.05) is 18.2 Å². The second-order valence-corrected chi connectivity index (χ2v) is 5.12. The van der Waals surface area contributed by atoms with Gasteiger partial charge in [0, 0.05) is 12.6 Å². The van der Waals surface area contributed by atoms with Crippen LogP contribution in [0.4, 0.5) is 11.4 Å². The van der Waals surface area contributed by atoms with Crippen LogP contribution in [0.25, 0.3) is 0 Å². The van der Waals surface area contributed by atoms with E-state index >= 15 is 0 Å². The van der Waals surface area contributed by atoms with Crippen molar-refractivity contribution < 1.29 is 9.53 Å². The number of hydrogen-bond donors (Lipinski definition) is 1. The Morgan fingerprint density at radius 1 is 1.14 bits per heavy atom. The van der Waals surface area contributed by atoms with Crippen LogP contribution in [0, 0.1) is 0 Å². The van der Waals surface area contributed by atoms with Crippen LogP contribution in [0.2, 0.25) is 0 Å². The van der Waals surface area contributed by atoms with Crippen molar-refractivity contribution in [2.24, 2.45) is 0 Å². The lowest BCUT2D eigenvalue weighted by Gasteiger charge is -2.19. The monoisotopic (exact) mass is 284 g/mol. The highest BCUT2D eigenvalue weighted by Crippen LogP contribution is 2.24. The Balaban J connectivity index is 2.25. The molecule has 0 atom stereocenters. The van der Waals surface area contributed by atoms with E-state index in [0.717, 1.165) is 0 Å². The SMILES string of the molecule is CC(C)Oc1cccc(C(=O)N(C)c2ccccc2N)c1. The van der Waals surface area contributed by atoms with E-state index in [0.29, 0.717) is 22.7 Å². The summed E-state index contributed by atoms with van der Waals surface area (Å²) in [5.41, 5.74) is 7.75. The molecular weight excluding hydrogens is 264 g/mol. The molecular formula is C17H20N2O2. The van der Waals surface area contributed by atoms with E-state index in [9.17, 15) is 4.79 Å². The van der Waals surface area contributed by atoms with E-state index in [-0.39, 0.29) is 12.0 Å². The van der Waals surface area contributed by atoms with Crippen LogP contribution >= 0.6 is 0 Å². The quantitative estimate of drug-likeness (QED) is 0.876. The normalized spacial score (nSPS) is 10.5. The first-order chi connectivity index (χ1) is 9.99. The lowest BCUT2D eigenvalue weighted by Crippen LogP contribution is -2.27. The number of hydrogen-bond acceptors (Lipinski definition) is 3. The Labute approximate surface area is 125 Å². The van der Waals surface area contributed by atoms with E-state index < -0.39 is 0 Å². The standard InChI is InChI=1S/C17H20N2O2/c1-12(2)21-14-8-6-7-13(11-14)17(20)19(3)16-10-5-4-9-15(16)18/h4-12H,18H2,1-3H3. The molecule has 0 fully saturated rings. The van der Waals surface area contributed by atoms with Gasteiger partial charge in [-0.15, -0.1) is 0 Å². The molecule has 0 spiro atoms. The summed E-state index contributed by atoms with van der Waals surface area (Å²) in [6.45, 7) is 3.90. The Kier molecular flexibility index (Phi) is 4.48. The molecule has 2 aromatic carbocycles. The number of rotatable bonds is 4. The van der Waals surface area contributed by atoms with Crippen LogP contribution in [0.1, 0.15) is 24.2 Å². The Morgan fingerprint density at radius 3 is 2.52 bits per heavy atom. The van der Waals surface area contributed by atoms with Gasteiger partial charge in [0.25, 0.3) is 5.91 Å². The van der Waals surface area contributed by atoms with Gasteiger partial charge in [-0.25, -0.2) is 0 Å². The number of para-hydroxylation sites is 2. The van der Waals surface area contributed by atoms with Crippen molar-refractivity contribution in [1.29, 1.82) is 0 Å². The smallest absolute Gasteiger partial charge is 0.258 e. The van der Waals surface area contributed by atoms with Crippen LogP contribution in [-0.4, -0.2) is 19.1 Å². The summed E-state index contributed by atoms with van der Waals surface area (Å²) in [6.07, 6.45) is 0.0675. The van der Waals surface area contributed by atoms with Crippen molar-refractivity contribution >= 4 is 17.3 Å². The third-order valence-electron chi connectivity index (χ3n) is 3.06. The number of nitrogens with two attached hydrogens (primary N) is 1. The zero-order valence-corrected chi connectivity index (χ0v) is 12.5. The largest absolute Gasteiger partial charge is 0.491 e. The Hall–Kier alpha value is -2.49. The van der Waals surface area contributed by atoms with Gasteiger partial charge in [-0.05, 0) is 44.2 Å². The molecule has 0 aliphatic heterocycles. The number of carbonyl (C=O) groups excluding carboxylic acids is 1. The number of amides is 1. The molecule has 21 heavy (non-hydrogen) atoms. The molecule has 0 saturated carbocycles. The fourth-order valence-corrected chi connectivity index (χ4v) is 2.07. The van der Waals surface area contributed by atoms with Gasteiger partial charge in [0.2, 0.25) is 0 Å². The molecule has 2 aromatic rings. The van der Waals surface area contributed by atoms with E-state index in [2.05, 4.69) is 0 Å². The molecule has 0 aliphatic carbocycles. The van der Waals surface area contributed by atoms with Crippen LogP contribution in [0.5, 0.6) is 5.75 Å². The highest BCUT2D eigenvalue weighted by molar-refractivity contribution is 6.07. The molecule has 4 heteroatoms. The van der Waals surface area contributed by atoms with Crippen molar-refractivity contribution in [3.05, 3.63) is 54.1 Å². The first-order valence-corrected chi connectivity index (χ1v) is 6.88. The zero-order valence-electron chi connectivity index (χ0n) is 12.5. The minimum absolute atomic E-state index is 0.0675. The maximum Gasteiger partial charge on any atom is 0.258 e. The summed E-state index contributed by atoms with van der Waals surface area (Å²) in [6, 6.07) is 14.5. The van der Waals surface area contributed by atoms with Crippen LogP contribution < -0.4 is 15.4 Å². The van der Waals surface area contributed by atoms with E-state index in [1.807, 2.05) is 44.2 Å². The number of nitrogen functional groups attached to an aromatic ring is 1. The zero-order chi connectivity index (χ0) is 15.4. The van der Waals surface area contributed by atoms with E-state index in [1.54, 1.807) is 30.1 Å². The molecule has 0 heterocycles. The number of ether oxygens (including phenoxy) is 1. The number of nitrogens with zero attached hydrogens (tertiary/aromatic N) is 1.